The Bertz CT molecular complexity index is 691. The molecule has 0 saturated carbocycles. The van der Waals surface area contributed by atoms with Gasteiger partial charge in [0.2, 0.25) is 5.91 Å². The van der Waals surface area contributed by atoms with Crippen LogP contribution in [0.2, 0.25) is 0 Å². The lowest BCUT2D eigenvalue weighted by molar-refractivity contribution is -0.126. The monoisotopic (exact) mass is 447 g/mol. The summed E-state index contributed by atoms with van der Waals surface area (Å²) < 4.78 is 0.956. The number of rotatable bonds is 5. The zero-order chi connectivity index (χ0) is 17.0. The minimum Gasteiger partial charge on any atom is -0.378 e. The highest BCUT2D eigenvalue weighted by Crippen LogP contribution is 2.21. The SMILES string of the molecule is CN(C)c1cccc(CNC(=O)C(C)(N)c2ccc(Br)cc2)c1.Cl.Cl. The van der Waals surface area contributed by atoms with Crippen LogP contribution < -0.4 is 16.0 Å². The van der Waals surface area contributed by atoms with E-state index >= 15 is 0 Å². The third-order valence-corrected chi connectivity index (χ3v) is 4.32. The van der Waals surface area contributed by atoms with Gasteiger partial charge in [-0.1, -0.05) is 40.2 Å². The quantitative estimate of drug-likeness (QED) is 0.730. The molecule has 2 aromatic carbocycles. The topological polar surface area (TPSA) is 58.4 Å². The second kappa shape index (κ2) is 10.0. The predicted molar refractivity (Wildman–Crippen MR) is 113 cm³/mol. The Labute approximate surface area is 170 Å². The van der Waals surface area contributed by atoms with Crippen LogP contribution in [-0.4, -0.2) is 20.0 Å². The molecule has 0 fully saturated rings. The molecule has 1 unspecified atom stereocenters. The number of halogens is 3. The summed E-state index contributed by atoms with van der Waals surface area (Å²) in [6.07, 6.45) is 0. The summed E-state index contributed by atoms with van der Waals surface area (Å²) in [5.74, 6) is -0.199. The van der Waals surface area contributed by atoms with Gasteiger partial charge in [-0.05, 0) is 42.3 Å². The van der Waals surface area contributed by atoms with E-state index in [4.69, 9.17) is 5.73 Å². The van der Waals surface area contributed by atoms with Gasteiger partial charge in [-0.15, -0.1) is 24.8 Å². The zero-order valence-electron chi connectivity index (χ0n) is 14.5. The molecule has 3 N–H and O–H groups in total. The number of nitrogens with zero attached hydrogens (tertiary/aromatic N) is 1. The van der Waals surface area contributed by atoms with Gasteiger partial charge in [-0.2, -0.15) is 0 Å². The highest BCUT2D eigenvalue weighted by atomic mass is 79.9. The van der Waals surface area contributed by atoms with Gasteiger partial charge < -0.3 is 16.0 Å². The lowest BCUT2D eigenvalue weighted by atomic mass is 9.92. The number of amides is 1. The Hall–Kier alpha value is -1.27. The van der Waals surface area contributed by atoms with Gasteiger partial charge in [0.1, 0.15) is 5.54 Å². The molecule has 0 aliphatic rings. The summed E-state index contributed by atoms with van der Waals surface area (Å²) in [5, 5.41) is 2.92. The van der Waals surface area contributed by atoms with Crippen molar-refractivity contribution in [2.45, 2.75) is 19.0 Å². The summed E-state index contributed by atoms with van der Waals surface area (Å²) in [5.41, 5.74) is 8.08. The van der Waals surface area contributed by atoms with Crippen molar-refractivity contribution in [2.75, 3.05) is 19.0 Å². The van der Waals surface area contributed by atoms with Gasteiger partial charge in [-0.3, -0.25) is 4.79 Å². The van der Waals surface area contributed by atoms with E-state index in [1.165, 1.54) is 0 Å². The van der Waals surface area contributed by atoms with Gasteiger partial charge in [-0.25, -0.2) is 0 Å². The number of nitrogens with two attached hydrogens (primary N) is 1. The first kappa shape index (κ1) is 23.7. The maximum absolute atomic E-state index is 12.5. The van der Waals surface area contributed by atoms with Crippen molar-refractivity contribution in [3.8, 4) is 0 Å². The van der Waals surface area contributed by atoms with E-state index in [0.717, 1.165) is 21.3 Å². The van der Waals surface area contributed by atoms with E-state index in [2.05, 4.69) is 21.2 Å². The molecule has 0 aliphatic heterocycles. The van der Waals surface area contributed by atoms with E-state index in [9.17, 15) is 4.79 Å². The van der Waals surface area contributed by atoms with Crippen LogP contribution in [0.25, 0.3) is 0 Å². The number of benzene rings is 2. The molecule has 0 bridgehead atoms. The van der Waals surface area contributed by atoms with Gasteiger partial charge >= 0.3 is 0 Å². The molecule has 0 aliphatic carbocycles. The summed E-state index contributed by atoms with van der Waals surface area (Å²) in [6, 6.07) is 15.5. The first-order valence-electron chi connectivity index (χ1n) is 7.40. The van der Waals surface area contributed by atoms with Crippen LogP contribution in [0, 0.1) is 0 Å². The number of hydrogen-bond donors (Lipinski definition) is 2. The molecule has 0 spiro atoms. The van der Waals surface area contributed by atoms with E-state index in [0.29, 0.717) is 6.54 Å². The molecule has 1 amide bonds. The summed E-state index contributed by atoms with van der Waals surface area (Å²) in [6.45, 7) is 2.17. The average molecular weight is 449 g/mol. The van der Waals surface area contributed by atoms with Gasteiger partial charge in [0.15, 0.2) is 0 Å². The number of carbonyl (C=O) groups is 1. The third-order valence-electron chi connectivity index (χ3n) is 3.80. The van der Waals surface area contributed by atoms with Gasteiger partial charge in [0.25, 0.3) is 0 Å². The van der Waals surface area contributed by atoms with Crippen LogP contribution >= 0.6 is 40.7 Å². The van der Waals surface area contributed by atoms with E-state index in [1.807, 2.05) is 67.5 Å². The third kappa shape index (κ3) is 6.19. The Balaban J connectivity index is 0.00000288. The van der Waals surface area contributed by atoms with Crippen LogP contribution in [0.3, 0.4) is 0 Å². The van der Waals surface area contributed by atoms with Crippen molar-refractivity contribution in [3.63, 3.8) is 0 Å². The van der Waals surface area contributed by atoms with Crippen LogP contribution in [0.15, 0.2) is 53.0 Å². The highest BCUT2D eigenvalue weighted by Gasteiger charge is 2.30. The Morgan fingerprint density at radius 3 is 2.32 bits per heavy atom. The fraction of sp³-hybridized carbons (Fsp3) is 0.278. The van der Waals surface area contributed by atoms with Crippen LogP contribution in [0.5, 0.6) is 0 Å². The largest absolute Gasteiger partial charge is 0.378 e. The van der Waals surface area contributed by atoms with Crippen LogP contribution in [0.1, 0.15) is 18.1 Å². The second-order valence-corrected chi connectivity index (χ2v) is 6.87. The molecule has 0 heterocycles. The average Bonchev–Trinajstić information content (AvgIpc) is 2.53. The molecule has 138 valence electrons. The molecular formula is C18H24BrCl2N3O. The predicted octanol–water partition coefficient (Wildman–Crippen LogP) is 3.85. The van der Waals surface area contributed by atoms with Gasteiger partial charge in [0, 0.05) is 30.8 Å². The molecule has 0 saturated heterocycles. The Morgan fingerprint density at radius 1 is 1.16 bits per heavy atom. The molecule has 0 radical (unpaired) electrons. The van der Waals surface area contributed by atoms with Crippen molar-refractivity contribution in [1.82, 2.24) is 5.32 Å². The maximum Gasteiger partial charge on any atom is 0.244 e. The zero-order valence-corrected chi connectivity index (χ0v) is 17.7. The lowest BCUT2D eigenvalue weighted by Crippen LogP contribution is -2.48. The fourth-order valence-corrected chi connectivity index (χ4v) is 2.50. The summed E-state index contributed by atoms with van der Waals surface area (Å²) >= 11 is 3.38. The Morgan fingerprint density at radius 2 is 1.76 bits per heavy atom. The molecule has 2 aromatic rings. The summed E-state index contributed by atoms with van der Waals surface area (Å²) in [7, 11) is 3.98. The van der Waals surface area contributed by atoms with Crippen molar-refractivity contribution < 1.29 is 4.79 Å². The normalized spacial score (nSPS) is 12.2. The maximum atomic E-state index is 12.5. The number of carbonyl (C=O) groups excluding carboxylic acids is 1. The van der Waals surface area contributed by atoms with Crippen LogP contribution in [0.4, 0.5) is 5.69 Å². The molecule has 7 heteroatoms. The molecule has 2 rings (SSSR count). The number of nitrogens with one attached hydrogen (secondary N) is 1. The minimum atomic E-state index is -1.07. The van der Waals surface area contributed by atoms with Crippen LogP contribution in [-0.2, 0) is 16.9 Å². The second-order valence-electron chi connectivity index (χ2n) is 5.96. The summed E-state index contributed by atoms with van der Waals surface area (Å²) in [4.78, 5) is 14.5. The van der Waals surface area contributed by atoms with Crippen molar-refractivity contribution in [1.29, 1.82) is 0 Å². The standard InChI is InChI=1S/C18H22BrN3O.2ClH/c1-18(20,14-7-9-15(19)10-8-14)17(23)21-12-13-5-4-6-16(11-13)22(2)3;;/h4-11H,12,20H2,1-3H3,(H,21,23);2*1H. The molecule has 25 heavy (non-hydrogen) atoms. The van der Waals surface area contributed by atoms with E-state index in [1.54, 1.807) is 6.92 Å². The molecule has 0 aromatic heterocycles. The van der Waals surface area contributed by atoms with Gasteiger partial charge in [0.05, 0.1) is 0 Å². The van der Waals surface area contributed by atoms with Crippen molar-refractivity contribution in [2.24, 2.45) is 5.73 Å². The fourth-order valence-electron chi connectivity index (χ4n) is 2.24. The smallest absolute Gasteiger partial charge is 0.244 e. The highest BCUT2D eigenvalue weighted by molar-refractivity contribution is 9.10. The van der Waals surface area contributed by atoms with Crippen molar-refractivity contribution in [3.05, 3.63) is 64.1 Å². The number of anilines is 1. The van der Waals surface area contributed by atoms with E-state index < -0.39 is 5.54 Å². The van der Waals surface area contributed by atoms with E-state index in [-0.39, 0.29) is 30.7 Å². The first-order valence-corrected chi connectivity index (χ1v) is 8.19. The first-order chi connectivity index (χ1) is 10.8. The Kier molecular flexibility index (Phi) is 9.51. The molecule has 1 atom stereocenters. The number of hydrogen-bond acceptors (Lipinski definition) is 3. The molecule has 4 nitrogen and oxygen atoms in total. The van der Waals surface area contributed by atoms with Crippen molar-refractivity contribution >= 4 is 52.3 Å². The minimum absolute atomic E-state index is 0. The lowest BCUT2D eigenvalue weighted by Gasteiger charge is -2.24. The molecular weight excluding hydrogens is 425 g/mol.